The van der Waals surface area contributed by atoms with Crippen molar-refractivity contribution in [2.75, 3.05) is 18.6 Å². The van der Waals surface area contributed by atoms with Crippen LogP contribution >= 0.6 is 0 Å². The lowest BCUT2D eigenvalue weighted by Crippen LogP contribution is -2.33. The van der Waals surface area contributed by atoms with Crippen LogP contribution in [-0.4, -0.2) is 30.5 Å². The smallest absolute Gasteiger partial charge is 0.227 e. The summed E-state index contributed by atoms with van der Waals surface area (Å²) in [5.41, 5.74) is 0.949. The van der Waals surface area contributed by atoms with E-state index in [1.54, 1.807) is 30.5 Å². The molecule has 2 aromatic rings. The normalized spacial score (nSPS) is 16.8. The summed E-state index contributed by atoms with van der Waals surface area (Å²) in [7, 11) is 1.51. The number of hydrogen-bond donors (Lipinski definition) is 1. The maximum Gasteiger partial charge on any atom is 0.227 e. The lowest BCUT2D eigenvalue weighted by molar-refractivity contribution is -0.126. The van der Waals surface area contributed by atoms with E-state index in [-0.39, 0.29) is 37.0 Å². The predicted octanol–water partition coefficient (Wildman–Crippen LogP) is 1.90. The molecule has 0 aliphatic carbocycles. The highest BCUT2D eigenvalue weighted by Crippen LogP contribution is 2.27. The van der Waals surface area contributed by atoms with Gasteiger partial charge in [-0.25, -0.2) is 9.37 Å². The van der Waals surface area contributed by atoms with Crippen LogP contribution in [0.4, 0.5) is 10.1 Å². The van der Waals surface area contributed by atoms with Crippen LogP contribution in [0, 0.1) is 11.7 Å². The van der Waals surface area contributed by atoms with Crippen LogP contribution in [0.3, 0.4) is 0 Å². The van der Waals surface area contributed by atoms with Crippen molar-refractivity contribution >= 4 is 17.5 Å². The van der Waals surface area contributed by atoms with Gasteiger partial charge in [-0.2, -0.15) is 0 Å². The predicted molar refractivity (Wildman–Crippen MR) is 89.5 cm³/mol. The molecule has 2 amide bonds. The zero-order chi connectivity index (χ0) is 17.8. The molecule has 1 aromatic heterocycles. The second-order valence-corrected chi connectivity index (χ2v) is 5.75. The summed E-state index contributed by atoms with van der Waals surface area (Å²) < 4.78 is 19.0. The van der Waals surface area contributed by atoms with Crippen LogP contribution < -0.4 is 15.0 Å². The van der Waals surface area contributed by atoms with Gasteiger partial charge in [-0.3, -0.25) is 9.59 Å². The van der Waals surface area contributed by atoms with Crippen LogP contribution in [0.5, 0.6) is 5.88 Å². The molecule has 1 atom stereocenters. The molecule has 1 aliphatic heterocycles. The number of carbonyl (C=O) groups excluding carboxylic acids is 2. The van der Waals surface area contributed by atoms with E-state index in [9.17, 15) is 14.0 Å². The highest BCUT2D eigenvalue weighted by atomic mass is 19.1. The van der Waals surface area contributed by atoms with E-state index in [1.807, 2.05) is 0 Å². The Labute approximate surface area is 144 Å². The van der Waals surface area contributed by atoms with Crippen molar-refractivity contribution in [2.24, 2.45) is 5.92 Å². The fourth-order valence-corrected chi connectivity index (χ4v) is 2.86. The molecule has 1 aromatic carbocycles. The Morgan fingerprint density at radius 2 is 2.16 bits per heavy atom. The van der Waals surface area contributed by atoms with Crippen molar-refractivity contribution in [1.29, 1.82) is 0 Å². The Morgan fingerprint density at radius 3 is 2.92 bits per heavy atom. The largest absolute Gasteiger partial charge is 0.481 e. The Morgan fingerprint density at radius 1 is 1.36 bits per heavy atom. The van der Waals surface area contributed by atoms with Gasteiger partial charge in [-0.15, -0.1) is 0 Å². The summed E-state index contributed by atoms with van der Waals surface area (Å²) in [6, 6.07) is 9.61. The van der Waals surface area contributed by atoms with Gasteiger partial charge in [0.2, 0.25) is 17.7 Å². The molecule has 1 saturated heterocycles. The average molecular weight is 343 g/mol. The number of amides is 2. The number of carbonyl (C=O) groups is 2. The van der Waals surface area contributed by atoms with E-state index in [0.29, 0.717) is 5.88 Å². The molecule has 7 heteroatoms. The molecular weight excluding hydrogens is 325 g/mol. The summed E-state index contributed by atoms with van der Waals surface area (Å²) in [4.78, 5) is 29.9. The molecule has 130 valence electrons. The van der Waals surface area contributed by atoms with Gasteiger partial charge in [0.1, 0.15) is 5.82 Å². The summed E-state index contributed by atoms with van der Waals surface area (Å²) in [6.07, 6.45) is 1.66. The van der Waals surface area contributed by atoms with Crippen molar-refractivity contribution in [3.05, 3.63) is 54.0 Å². The summed E-state index contributed by atoms with van der Waals surface area (Å²) in [5, 5.41) is 2.79. The van der Waals surface area contributed by atoms with Gasteiger partial charge in [-0.1, -0.05) is 18.2 Å². The number of para-hydroxylation sites is 1. The van der Waals surface area contributed by atoms with E-state index < -0.39 is 11.7 Å². The Balaban J connectivity index is 1.64. The number of ether oxygens (including phenoxy) is 1. The molecular formula is C18H18FN3O3. The van der Waals surface area contributed by atoms with Crippen LogP contribution in [0.1, 0.15) is 12.0 Å². The van der Waals surface area contributed by atoms with Gasteiger partial charge in [0.25, 0.3) is 0 Å². The molecule has 0 spiro atoms. The highest BCUT2D eigenvalue weighted by molar-refractivity contribution is 6.00. The number of pyridine rings is 1. The van der Waals surface area contributed by atoms with Crippen LogP contribution in [-0.2, 0) is 16.1 Å². The van der Waals surface area contributed by atoms with Crippen molar-refractivity contribution in [3.8, 4) is 5.88 Å². The molecule has 1 N–H and O–H groups in total. The van der Waals surface area contributed by atoms with Gasteiger partial charge < -0.3 is 15.0 Å². The first-order valence-electron chi connectivity index (χ1n) is 7.90. The topological polar surface area (TPSA) is 71.5 Å². The first kappa shape index (κ1) is 16.9. The number of methoxy groups -OCH3 is 1. The number of hydrogen-bond acceptors (Lipinski definition) is 4. The Hall–Kier alpha value is -2.96. The minimum atomic E-state index is -0.519. The molecule has 25 heavy (non-hydrogen) atoms. The fourth-order valence-electron chi connectivity index (χ4n) is 2.86. The number of anilines is 1. The SMILES string of the molecule is COc1ncccc1CNC(=O)C1CC(=O)N(c2ccccc2F)C1. The minimum Gasteiger partial charge on any atom is -0.481 e. The average Bonchev–Trinajstić information content (AvgIpc) is 3.02. The molecule has 3 rings (SSSR count). The van der Waals surface area contributed by atoms with E-state index in [1.165, 1.54) is 24.1 Å². The van der Waals surface area contributed by atoms with Gasteiger partial charge in [0.15, 0.2) is 0 Å². The lowest BCUT2D eigenvalue weighted by Gasteiger charge is -2.17. The number of nitrogens with zero attached hydrogens (tertiary/aromatic N) is 2. The third-order valence-corrected chi connectivity index (χ3v) is 4.14. The molecule has 1 fully saturated rings. The number of halogens is 1. The van der Waals surface area contributed by atoms with E-state index in [2.05, 4.69) is 10.3 Å². The van der Waals surface area contributed by atoms with Crippen LogP contribution in [0.25, 0.3) is 0 Å². The van der Waals surface area contributed by atoms with Crippen LogP contribution in [0.15, 0.2) is 42.6 Å². The van der Waals surface area contributed by atoms with Crippen LogP contribution in [0.2, 0.25) is 0 Å². The van der Waals surface area contributed by atoms with Gasteiger partial charge in [0.05, 0.1) is 18.7 Å². The molecule has 2 heterocycles. The second-order valence-electron chi connectivity index (χ2n) is 5.75. The van der Waals surface area contributed by atoms with Gasteiger partial charge >= 0.3 is 0 Å². The Kier molecular flexibility index (Phi) is 4.92. The number of rotatable bonds is 5. The van der Waals surface area contributed by atoms with Crippen molar-refractivity contribution in [2.45, 2.75) is 13.0 Å². The van der Waals surface area contributed by atoms with E-state index >= 15 is 0 Å². The number of nitrogens with one attached hydrogen (secondary N) is 1. The highest BCUT2D eigenvalue weighted by Gasteiger charge is 2.36. The summed E-state index contributed by atoms with van der Waals surface area (Å²) >= 11 is 0. The third kappa shape index (κ3) is 3.60. The first-order chi connectivity index (χ1) is 12.1. The zero-order valence-electron chi connectivity index (χ0n) is 13.7. The van der Waals surface area contributed by atoms with Crippen molar-refractivity contribution < 1.29 is 18.7 Å². The molecule has 0 radical (unpaired) electrons. The quantitative estimate of drug-likeness (QED) is 0.900. The fraction of sp³-hybridized carbons (Fsp3) is 0.278. The molecule has 0 bridgehead atoms. The van der Waals surface area contributed by atoms with E-state index in [0.717, 1.165) is 5.56 Å². The van der Waals surface area contributed by atoms with Gasteiger partial charge in [-0.05, 0) is 18.2 Å². The zero-order valence-corrected chi connectivity index (χ0v) is 13.7. The molecule has 1 aliphatic rings. The second kappa shape index (κ2) is 7.29. The molecule has 1 unspecified atom stereocenters. The third-order valence-electron chi connectivity index (χ3n) is 4.14. The number of benzene rings is 1. The molecule has 0 saturated carbocycles. The molecule has 6 nitrogen and oxygen atoms in total. The first-order valence-corrected chi connectivity index (χ1v) is 7.90. The van der Waals surface area contributed by atoms with Gasteiger partial charge in [0, 0.05) is 31.3 Å². The van der Waals surface area contributed by atoms with Crippen molar-refractivity contribution in [1.82, 2.24) is 10.3 Å². The monoisotopic (exact) mass is 343 g/mol. The minimum absolute atomic E-state index is 0.0599. The Bertz CT molecular complexity index is 797. The maximum atomic E-state index is 13.9. The lowest BCUT2D eigenvalue weighted by atomic mass is 10.1. The maximum absolute atomic E-state index is 13.9. The van der Waals surface area contributed by atoms with E-state index in [4.69, 9.17) is 4.74 Å². The summed E-state index contributed by atoms with van der Waals surface area (Å²) in [5.74, 6) is -1.06. The van der Waals surface area contributed by atoms with Crippen molar-refractivity contribution in [3.63, 3.8) is 0 Å². The summed E-state index contributed by atoms with van der Waals surface area (Å²) in [6.45, 7) is 0.413. The number of aromatic nitrogens is 1. The standard InChI is InChI=1S/C18H18FN3O3/c1-25-18-12(5-4-8-20-18)10-21-17(24)13-9-16(23)22(11-13)15-7-3-2-6-14(15)19/h2-8,13H,9-11H2,1H3,(H,21,24).